The highest BCUT2D eigenvalue weighted by molar-refractivity contribution is 5.78. The highest BCUT2D eigenvalue weighted by Crippen LogP contribution is 2.23. The number of imidazole rings is 1. The number of para-hydroxylation sites is 2. The van der Waals surface area contributed by atoms with E-state index in [-0.39, 0.29) is 6.61 Å². The lowest BCUT2D eigenvalue weighted by Gasteiger charge is -2.32. The van der Waals surface area contributed by atoms with Crippen molar-refractivity contribution in [3.63, 3.8) is 0 Å². The molecule has 0 spiro atoms. The fourth-order valence-corrected chi connectivity index (χ4v) is 4.10. The molecule has 0 bridgehead atoms. The van der Waals surface area contributed by atoms with E-state index in [1.807, 2.05) is 30.3 Å². The van der Waals surface area contributed by atoms with Crippen molar-refractivity contribution < 1.29 is 14.6 Å². The van der Waals surface area contributed by atoms with Gasteiger partial charge in [0.15, 0.2) is 0 Å². The number of aliphatic hydroxyl groups excluding tert-OH is 1. The van der Waals surface area contributed by atoms with E-state index in [2.05, 4.69) is 33.0 Å². The predicted molar refractivity (Wildman–Crippen MR) is 123 cm³/mol. The predicted octanol–water partition coefficient (Wildman–Crippen LogP) is 3.13. The zero-order valence-corrected chi connectivity index (χ0v) is 18.2. The van der Waals surface area contributed by atoms with Crippen LogP contribution >= 0.6 is 0 Å². The zero-order valence-electron chi connectivity index (χ0n) is 18.2. The molecule has 0 amide bonds. The fraction of sp³-hybridized carbons (Fsp3) is 0.458. The molecule has 1 aliphatic rings. The Balaban J connectivity index is 1.31. The number of nitrogens with zero attached hydrogens (tertiary/aromatic N) is 3. The Morgan fingerprint density at radius 1 is 1.10 bits per heavy atom. The first kappa shape index (κ1) is 21.6. The molecule has 7 heteroatoms. The normalized spacial score (nSPS) is 15.4. The zero-order chi connectivity index (χ0) is 21.5. The third-order valence-electron chi connectivity index (χ3n) is 5.91. The van der Waals surface area contributed by atoms with Crippen LogP contribution in [0, 0.1) is 0 Å². The number of aromatic nitrogens is 2. The monoisotopic (exact) mass is 424 g/mol. The van der Waals surface area contributed by atoms with Gasteiger partial charge in [0.25, 0.3) is 0 Å². The summed E-state index contributed by atoms with van der Waals surface area (Å²) in [7, 11) is 1.70. The molecule has 31 heavy (non-hydrogen) atoms. The van der Waals surface area contributed by atoms with E-state index >= 15 is 0 Å². The third kappa shape index (κ3) is 5.55. The van der Waals surface area contributed by atoms with Gasteiger partial charge in [0.2, 0.25) is 5.95 Å². The minimum Gasteiger partial charge on any atom is -0.497 e. The number of rotatable bonds is 10. The summed E-state index contributed by atoms with van der Waals surface area (Å²) in [6.07, 6.45) is 3.23. The van der Waals surface area contributed by atoms with Gasteiger partial charge >= 0.3 is 0 Å². The fourth-order valence-electron chi connectivity index (χ4n) is 4.10. The Bertz CT molecular complexity index is 949. The average Bonchev–Trinajstić information content (AvgIpc) is 3.16. The van der Waals surface area contributed by atoms with Gasteiger partial charge in [-0.05, 0) is 49.1 Å². The number of hydrogen-bond acceptors (Lipinski definition) is 6. The van der Waals surface area contributed by atoms with Crippen molar-refractivity contribution in [3.05, 3.63) is 54.1 Å². The largest absolute Gasteiger partial charge is 0.497 e. The lowest BCUT2D eigenvalue weighted by molar-refractivity contribution is 0.0510. The van der Waals surface area contributed by atoms with Gasteiger partial charge < -0.3 is 24.8 Å². The molecule has 0 aliphatic carbocycles. The van der Waals surface area contributed by atoms with Crippen molar-refractivity contribution in [2.75, 3.05) is 45.3 Å². The summed E-state index contributed by atoms with van der Waals surface area (Å²) >= 11 is 0. The molecular weight excluding hydrogens is 392 g/mol. The molecule has 1 saturated heterocycles. The molecule has 2 aromatic carbocycles. The minimum absolute atomic E-state index is 0.0182. The van der Waals surface area contributed by atoms with Gasteiger partial charge in [-0.25, -0.2) is 4.98 Å². The van der Waals surface area contributed by atoms with Crippen LogP contribution in [0.5, 0.6) is 5.75 Å². The van der Waals surface area contributed by atoms with Gasteiger partial charge in [0.05, 0.1) is 31.4 Å². The minimum atomic E-state index is 0.0182. The van der Waals surface area contributed by atoms with Crippen LogP contribution in [0.4, 0.5) is 5.95 Å². The molecule has 4 rings (SSSR count). The van der Waals surface area contributed by atoms with E-state index < -0.39 is 0 Å². The van der Waals surface area contributed by atoms with Crippen molar-refractivity contribution >= 4 is 17.0 Å². The Morgan fingerprint density at radius 3 is 2.61 bits per heavy atom. The molecule has 2 N–H and O–H groups in total. The van der Waals surface area contributed by atoms with Crippen molar-refractivity contribution in [1.29, 1.82) is 0 Å². The van der Waals surface area contributed by atoms with Crippen molar-refractivity contribution in [2.45, 2.75) is 32.0 Å². The molecule has 7 nitrogen and oxygen atoms in total. The maximum absolute atomic E-state index is 9.03. The van der Waals surface area contributed by atoms with Gasteiger partial charge in [0, 0.05) is 25.7 Å². The number of hydrogen-bond donors (Lipinski definition) is 2. The topological polar surface area (TPSA) is 71.8 Å². The molecule has 0 saturated carbocycles. The number of aliphatic hydroxyl groups is 1. The molecular formula is C24H32N4O3. The Hall–Kier alpha value is -2.61. The van der Waals surface area contributed by atoms with Gasteiger partial charge in [-0.1, -0.05) is 24.3 Å². The first-order valence-electron chi connectivity index (χ1n) is 11.0. The van der Waals surface area contributed by atoms with Crippen molar-refractivity contribution in [2.24, 2.45) is 0 Å². The van der Waals surface area contributed by atoms with Gasteiger partial charge in [-0.3, -0.25) is 4.57 Å². The number of likely N-dealkylation sites (tertiary alicyclic amines) is 1. The van der Waals surface area contributed by atoms with Gasteiger partial charge in [-0.2, -0.15) is 0 Å². The summed E-state index contributed by atoms with van der Waals surface area (Å²) in [5, 5.41) is 12.7. The lowest BCUT2D eigenvalue weighted by atomic mass is 10.0. The molecule has 166 valence electrons. The van der Waals surface area contributed by atoms with Crippen molar-refractivity contribution in [3.8, 4) is 5.75 Å². The number of piperidine rings is 1. The smallest absolute Gasteiger partial charge is 0.206 e. The highest BCUT2D eigenvalue weighted by atomic mass is 16.5. The van der Waals surface area contributed by atoms with E-state index in [9.17, 15) is 0 Å². The molecule has 1 aromatic heterocycles. The summed E-state index contributed by atoms with van der Waals surface area (Å²) in [4.78, 5) is 7.32. The highest BCUT2D eigenvalue weighted by Gasteiger charge is 2.21. The second-order valence-corrected chi connectivity index (χ2v) is 7.97. The van der Waals surface area contributed by atoms with Crippen LogP contribution in [-0.4, -0.2) is 65.6 Å². The number of fused-ring (bicyclic) bond motifs is 1. The summed E-state index contributed by atoms with van der Waals surface area (Å²) in [5.41, 5.74) is 3.34. The molecule has 1 aliphatic heterocycles. The van der Waals surface area contributed by atoms with Crippen molar-refractivity contribution in [1.82, 2.24) is 14.5 Å². The average molecular weight is 425 g/mol. The van der Waals surface area contributed by atoms with Crippen LogP contribution in [0.2, 0.25) is 0 Å². The number of benzene rings is 2. The SMILES string of the molecule is COc1ccc(CCN2CCC(Nc3nc4ccccc4n3COCCO)CC2)cc1. The lowest BCUT2D eigenvalue weighted by Crippen LogP contribution is -2.40. The molecule has 2 heterocycles. The number of ether oxygens (including phenoxy) is 2. The van der Waals surface area contributed by atoms with Crippen LogP contribution < -0.4 is 10.1 Å². The van der Waals surface area contributed by atoms with Crippen LogP contribution in [0.3, 0.4) is 0 Å². The quantitative estimate of drug-likeness (QED) is 0.487. The summed E-state index contributed by atoms with van der Waals surface area (Å²) in [6.45, 7) is 3.95. The molecule has 0 atom stereocenters. The van der Waals surface area contributed by atoms with E-state index in [1.54, 1.807) is 7.11 Å². The van der Waals surface area contributed by atoms with Crippen LogP contribution in [0.1, 0.15) is 18.4 Å². The molecule has 0 radical (unpaired) electrons. The molecule has 0 unspecified atom stereocenters. The van der Waals surface area contributed by atoms with Crippen LogP contribution in [0.15, 0.2) is 48.5 Å². The summed E-state index contributed by atoms with van der Waals surface area (Å²) in [5.74, 6) is 1.75. The third-order valence-corrected chi connectivity index (χ3v) is 5.91. The van der Waals surface area contributed by atoms with Crippen LogP contribution in [0.25, 0.3) is 11.0 Å². The maximum atomic E-state index is 9.03. The van der Waals surface area contributed by atoms with E-state index in [0.717, 1.165) is 61.6 Å². The number of nitrogens with one attached hydrogen (secondary N) is 1. The van der Waals surface area contributed by atoms with Crippen LogP contribution in [-0.2, 0) is 17.9 Å². The first-order valence-corrected chi connectivity index (χ1v) is 11.0. The van der Waals surface area contributed by atoms with E-state index in [1.165, 1.54) is 5.56 Å². The second kappa shape index (κ2) is 10.6. The molecule has 1 fully saturated rings. The second-order valence-electron chi connectivity index (χ2n) is 7.97. The van der Waals surface area contributed by atoms with Gasteiger partial charge in [-0.15, -0.1) is 0 Å². The summed E-state index contributed by atoms with van der Waals surface area (Å²) in [6, 6.07) is 16.8. The Morgan fingerprint density at radius 2 is 1.87 bits per heavy atom. The maximum Gasteiger partial charge on any atom is 0.206 e. The standard InChI is InChI=1S/C24H32N4O3/c1-30-21-8-6-19(7-9-21)10-13-27-14-11-20(12-15-27)25-24-26-22-4-2-3-5-23(22)28(24)18-31-17-16-29/h2-9,20,29H,10-18H2,1H3,(H,25,26). The first-order chi connectivity index (χ1) is 15.3. The summed E-state index contributed by atoms with van der Waals surface area (Å²) < 4.78 is 12.9. The van der Waals surface area contributed by atoms with Gasteiger partial charge in [0.1, 0.15) is 12.5 Å². The van der Waals surface area contributed by atoms with E-state index in [0.29, 0.717) is 19.4 Å². The Labute approximate surface area is 183 Å². The van der Waals surface area contributed by atoms with E-state index in [4.69, 9.17) is 19.6 Å². The Kier molecular flexibility index (Phi) is 7.40. The number of methoxy groups -OCH3 is 1. The number of anilines is 1. The molecule has 3 aromatic rings.